The highest BCUT2D eigenvalue weighted by Gasteiger charge is 2.46. The van der Waals surface area contributed by atoms with Crippen molar-refractivity contribution in [3.05, 3.63) is 61.8 Å². The normalized spacial score (nSPS) is 14.5. The van der Waals surface area contributed by atoms with Gasteiger partial charge < -0.3 is 4.74 Å². The quantitative estimate of drug-likeness (QED) is 0.237. The molecule has 0 saturated carbocycles. The summed E-state index contributed by atoms with van der Waals surface area (Å²) in [7, 11) is 0. The minimum Gasteiger partial charge on any atom is -0.425 e. The Balaban J connectivity index is 2.14. The molecule has 0 radical (unpaired) electrons. The van der Waals surface area contributed by atoms with Crippen LogP contribution in [0.1, 0.15) is 25.6 Å². The highest BCUT2D eigenvalue weighted by molar-refractivity contribution is 9.10. The fourth-order valence-electron chi connectivity index (χ4n) is 3.71. The molecule has 11 heteroatoms. The lowest BCUT2D eigenvalue weighted by atomic mass is 10.0. The number of halogens is 2. The first-order valence-electron chi connectivity index (χ1n) is 9.39. The van der Waals surface area contributed by atoms with Crippen molar-refractivity contribution in [2.45, 2.75) is 25.2 Å². The van der Waals surface area contributed by atoms with Gasteiger partial charge in [0.1, 0.15) is 0 Å². The van der Waals surface area contributed by atoms with Crippen LogP contribution in [0.25, 0.3) is 11.3 Å². The summed E-state index contributed by atoms with van der Waals surface area (Å²) < 4.78 is 7.38. The number of carbonyl (C=O) groups is 2. The van der Waals surface area contributed by atoms with E-state index in [9.17, 15) is 14.4 Å². The number of nitrogens with zero attached hydrogens (tertiary/aromatic N) is 3. The first-order valence-corrected chi connectivity index (χ1v) is 11.8. The standard InChI is InChI=1S/C21H16BrClN4O4S/c1-10(28)26-16-7-5-4-6-13(16)17-19(30)24-21(32-3)25-27(17)20(26)14-8-12(23)9-15(22)18(14)31-11(2)29/h4-9,20H,1-3H3/p+1/t20-/m1/s1. The number of aromatic amines is 1. The highest BCUT2D eigenvalue weighted by Crippen LogP contribution is 2.42. The number of para-hydroxylation sites is 1. The van der Waals surface area contributed by atoms with Crippen LogP contribution in [0.2, 0.25) is 5.02 Å². The number of carbonyl (C=O) groups excluding carboxylic acids is 2. The van der Waals surface area contributed by atoms with Crippen molar-refractivity contribution in [1.82, 2.24) is 10.1 Å². The van der Waals surface area contributed by atoms with Gasteiger partial charge in [-0.3, -0.25) is 19.4 Å². The topological polar surface area (TPSA) is 96.2 Å². The van der Waals surface area contributed by atoms with Crippen molar-refractivity contribution in [3.63, 3.8) is 0 Å². The van der Waals surface area contributed by atoms with Gasteiger partial charge in [-0.05, 0) is 51.1 Å². The fraction of sp³-hybridized carbons (Fsp3) is 0.190. The van der Waals surface area contributed by atoms with Crippen LogP contribution in [0, 0.1) is 0 Å². The van der Waals surface area contributed by atoms with E-state index in [-0.39, 0.29) is 22.9 Å². The van der Waals surface area contributed by atoms with Gasteiger partial charge in [0.15, 0.2) is 5.75 Å². The summed E-state index contributed by atoms with van der Waals surface area (Å²) in [5.41, 5.74) is 1.38. The monoisotopic (exact) mass is 535 g/mol. The number of amides is 1. The number of thioether (sulfide) groups is 1. The van der Waals surface area contributed by atoms with Crippen LogP contribution in [0.4, 0.5) is 5.69 Å². The number of rotatable bonds is 3. The number of H-pyrrole nitrogens is 1. The predicted octanol–water partition coefficient (Wildman–Crippen LogP) is 3.70. The molecule has 2 heterocycles. The summed E-state index contributed by atoms with van der Waals surface area (Å²) in [5, 5.41) is 5.30. The van der Waals surface area contributed by atoms with E-state index in [1.807, 2.05) is 0 Å². The molecule has 3 aromatic rings. The second-order valence-corrected chi connectivity index (χ2v) is 9.02. The number of esters is 1. The first kappa shape index (κ1) is 22.5. The van der Waals surface area contributed by atoms with Gasteiger partial charge in [-0.2, -0.15) is 0 Å². The second-order valence-electron chi connectivity index (χ2n) is 6.94. The lowest BCUT2D eigenvalue weighted by molar-refractivity contribution is -0.763. The maximum atomic E-state index is 13.1. The molecule has 0 spiro atoms. The lowest BCUT2D eigenvalue weighted by Crippen LogP contribution is -2.60. The summed E-state index contributed by atoms with van der Waals surface area (Å²) >= 11 is 11.0. The molecule has 1 aliphatic rings. The molecule has 1 N–H and O–H groups in total. The lowest BCUT2D eigenvalue weighted by Gasteiger charge is -2.32. The zero-order chi connectivity index (χ0) is 23.2. The summed E-state index contributed by atoms with van der Waals surface area (Å²) in [6.45, 7) is 2.70. The van der Waals surface area contributed by atoms with Crippen molar-refractivity contribution in [2.24, 2.45) is 0 Å². The van der Waals surface area contributed by atoms with Crippen LogP contribution in [0.15, 0.2) is 50.8 Å². The smallest absolute Gasteiger partial charge is 0.325 e. The van der Waals surface area contributed by atoms with E-state index in [4.69, 9.17) is 16.3 Å². The Bertz CT molecular complexity index is 1330. The number of ether oxygens (including phenoxy) is 1. The van der Waals surface area contributed by atoms with Crippen molar-refractivity contribution in [2.75, 3.05) is 11.2 Å². The second kappa shape index (κ2) is 8.68. The molecular formula is C21H17BrClN4O4S+. The van der Waals surface area contributed by atoms with E-state index in [2.05, 4.69) is 26.0 Å². The molecule has 0 aliphatic carbocycles. The maximum Gasteiger partial charge on any atom is 0.325 e. The summed E-state index contributed by atoms with van der Waals surface area (Å²) in [5.74, 6) is -0.657. The molecule has 1 aliphatic heterocycles. The first-order chi connectivity index (χ1) is 15.2. The van der Waals surface area contributed by atoms with Crippen molar-refractivity contribution in [3.8, 4) is 17.0 Å². The van der Waals surface area contributed by atoms with E-state index < -0.39 is 12.1 Å². The van der Waals surface area contributed by atoms with Crippen LogP contribution < -0.4 is 19.9 Å². The third kappa shape index (κ3) is 3.82. The Kier molecular flexibility index (Phi) is 6.11. The van der Waals surface area contributed by atoms with Gasteiger partial charge in [0, 0.05) is 24.0 Å². The Morgan fingerprint density at radius 1 is 1.28 bits per heavy atom. The van der Waals surface area contributed by atoms with Crippen molar-refractivity contribution in [1.29, 1.82) is 0 Å². The predicted molar refractivity (Wildman–Crippen MR) is 124 cm³/mol. The molecule has 8 nitrogen and oxygen atoms in total. The van der Waals surface area contributed by atoms with Crippen LogP contribution >= 0.6 is 39.3 Å². The van der Waals surface area contributed by atoms with Gasteiger partial charge in [-0.25, -0.2) is 4.90 Å². The molecule has 0 unspecified atom stereocenters. The van der Waals surface area contributed by atoms with E-state index in [0.717, 1.165) is 0 Å². The average Bonchev–Trinajstić information content (AvgIpc) is 2.73. The zero-order valence-corrected chi connectivity index (χ0v) is 20.3. The Hall–Kier alpha value is -2.69. The number of aromatic nitrogens is 3. The van der Waals surface area contributed by atoms with Gasteiger partial charge in [0.25, 0.3) is 6.17 Å². The molecule has 0 fully saturated rings. The number of anilines is 1. The van der Waals surface area contributed by atoms with E-state index in [0.29, 0.717) is 31.5 Å². The van der Waals surface area contributed by atoms with Crippen molar-refractivity contribution < 1.29 is 19.0 Å². The number of hydrogen-bond acceptors (Lipinski definition) is 6. The number of benzene rings is 2. The average molecular weight is 537 g/mol. The van der Waals surface area contributed by atoms with Crippen LogP contribution in [0.5, 0.6) is 5.75 Å². The van der Waals surface area contributed by atoms with Gasteiger partial charge in [-0.15, -0.1) is 0 Å². The molecule has 1 aromatic heterocycles. The molecule has 4 rings (SSSR count). The molecule has 0 bridgehead atoms. The Morgan fingerprint density at radius 2 is 2.00 bits per heavy atom. The zero-order valence-electron chi connectivity index (χ0n) is 17.2. The molecule has 0 saturated heterocycles. The van der Waals surface area contributed by atoms with E-state index in [1.54, 1.807) is 42.7 Å². The SMILES string of the molecule is CSc1n[n+]2c(c(=O)[nH]1)-c1ccccc1N(C(C)=O)[C@H]2c1cc(Cl)cc(Br)c1OC(C)=O. The van der Waals surface area contributed by atoms with Crippen LogP contribution in [-0.2, 0) is 9.59 Å². The molecule has 1 atom stereocenters. The van der Waals surface area contributed by atoms with Gasteiger partial charge in [-0.1, -0.05) is 35.5 Å². The van der Waals surface area contributed by atoms with Crippen LogP contribution in [0.3, 0.4) is 0 Å². The summed E-state index contributed by atoms with van der Waals surface area (Å²) in [4.78, 5) is 42.2. The molecule has 164 valence electrons. The Morgan fingerprint density at radius 3 is 2.66 bits per heavy atom. The Labute approximate surface area is 200 Å². The van der Waals surface area contributed by atoms with Crippen LogP contribution in [-0.4, -0.2) is 28.2 Å². The third-order valence-electron chi connectivity index (χ3n) is 4.85. The minimum absolute atomic E-state index is 0.184. The fourth-order valence-corrected chi connectivity index (χ4v) is 4.99. The maximum absolute atomic E-state index is 13.1. The van der Waals surface area contributed by atoms with E-state index >= 15 is 0 Å². The molecule has 2 aromatic carbocycles. The number of nitrogens with one attached hydrogen (secondary N) is 1. The summed E-state index contributed by atoms with van der Waals surface area (Å²) in [6, 6.07) is 10.2. The van der Waals surface area contributed by atoms with Gasteiger partial charge in [0.05, 0.1) is 21.3 Å². The molecular weight excluding hydrogens is 520 g/mol. The summed E-state index contributed by atoms with van der Waals surface area (Å²) in [6.07, 6.45) is 0.843. The van der Waals surface area contributed by atoms with Crippen molar-refractivity contribution >= 4 is 56.9 Å². The third-order valence-corrected chi connectivity index (χ3v) is 6.23. The van der Waals surface area contributed by atoms with E-state index in [1.165, 1.54) is 35.2 Å². The molecule has 1 amide bonds. The van der Waals surface area contributed by atoms with Gasteiger partial charge in [0.2, 0.25) is 11.1 Å². The molecule has 32 heavy (non-hydrogen) atoms. The largest absolute Gasteiger partial charge is 0.425 e. The number of fused-ring (bicyclic) bond motifs is 3. The number of hydrogen-bond donors (Lipinski definition) is 1. The highest BCUT2D eigenvalue weighted by atomic mass is 79.9. The van der Waals surface area contributed by atoms with Gasteiger partial charge >= 0.3 is 17.2 Å². The minimum atomic E-state index is -0.935.